The van der Waals surface area contributed by atoms with Gasteiger partial charge in [0.1, 0.15) is 0 Å². The molecule has 0 aliphatic heterocycles. The van der Waals surface area contributed by atoms with Gasteiger partial charge in [0.15, 0.2) is 9.84 Å². The molecule has 28 heavy (non-hydrogen) atoms. The van der Waals surface area contributed by atoms with E-state index in [1.807, 2.05) is 30.3 Å². The number of halogens is 1. The molecule has 0 radical (unpaired) electrons. The Balaban J connectivity index is 1.62. The topological polar surface area (TPSA) is 92.3 Å². The zero-order valence-corrected chi connectivity index (χ0v) is 17.8. The highest BCUT2D eigenvalue weighted by atomic mass is 79.9. The summed E-state index contributed by atoms with van der Waals surface area (Å²) in [5.74, 6) is -0.979. The van der Waals surface area contributed by atoms with Crippen LogP contribution in [0.1, 0.15) is 20.0 Å². The van der Waals surface area contributed by atoms with Gasteiger partial charge in [-0.25, -0.2) is 8.42 Å². The summed E-state index contributed by atoms with van der Waals surface area (Å²) in [4.78, 5) is 25.9. The van der Waals surface area contributed by atoms with E-state index >= 15 is 0 Å². The number of hydrogen-bond donors (Lipinski definition) is 2. The lowest BCUT2D eigenvalue weighted by Gasteiger charge is -2.07. The van der Waals surface area contributed by atoms with E-state index in [1.165, 1.54) is 35.6 Å². The van der Waals surface area contributed by atoms with Crippen molar-refractivity contribution in [3.63, 3.8) is 0 Å². The summed E-state index contributed by atoms with van der Waals surface area (Å²) in [5, 5.41) is 0. The van der Waals surface area contributed by atoms with Gasteiger partial charge in [-0.05, 0) is 54.1 Å². The molecule has 0 unspecified atom stereocenters. The van der Waals surface area contributed by atoms with E-state index in [9.17, 15) is 18.0 Å². The molecule has 0 saturated carbocycles. The van der Waals surface area contributed by atoms with Gasteiger partial charge in [0.05, 0.1) is 9.77 Å². The molecular formula is C19H15BrN2O4S2. The van der Waals surface area contributed by atoms with Crippen LogP contribution in [0.25, 0.3) is 10.4 Å². The van der Waals surface area contributed by atoms with Gasteiger partial charge in [-0.15, -0.1) is 11.3 Å². The van der Waals surface area contributed by atoms with Gasteiger partial charge in [0.25, 0.3) is 11.8 Å². The SMILES string of the molecule is CS(=O)(=O)c1ccc(C(=O)NNC(=O)c2ccc(-c3ccc(Br)cc3)s2)cc1. The molecule has 1 aromatic heterocycles. The molecular weight excluding hydrogens is 464 g/mol. The van der Waals surface area contributed by atoms with Crippen molar-refractivity contribution in [1.29, 1.82) is 0 Å². The summed E-state index contributed by atoms with van der Waals surface area (Å²) in [5.41, 5.74) is 5.91. The second-order valence-corrected chi connectivity index (χ2v) is 9.89. The van der Waals surface area contributed by atoms with Crippen LogP contribution in [0.2, 0.25) is 0 Å². The highest BCUT2D eigenvalue weighted by Gasteiger charge is 2.13. The molecule has 0 saturated heterocycles. The summed E-state index contributed by atoms with van der Waals surface area (Å²) in [6.45, 7) is 0. The van der Waals surface area contributed by atoms with Crippen LogP contribution in [0.3, 0.4) is 0 Å². The molecule has 0 aliphatic carbocycles. The quantitative estimate of drug-likeness (QED) is 0.559. The Morgan fingerprint density at radius 3 is 2.07 bits per heavy atom. The van der Waals surface area contributed by atoms with Crippen molar-refractivity contribution in [2.24, 2.45) is 0 Å². The number of amides is 2. The standard InChI is InChI=1S/C19H15BrN2O4S2/c1-28(25,26)15-8-4-13(5-9-15)18(23)21-22-19(24)17-11-10-16(27-17)12-2-6-14(20)7-3-12/h2-11H,1H3,(H,21,23)(H,22,24). The summed E-state index contributed by atoms with van der Waals surface area (Å²) >= 11 is 4.69. The van der Waals surface area contributed by atoms with Crippen molar-refractivity contribution in [3.8, 4) is 10.4 Å². The van der Waals surface area contributed by atoms with Gasteiger partial charge >= 0.3 is 0 Å². The van der Waals surface area contributed by atoms with Crippen molar-refractivity contribution in [1.82, 2.24) is 10.9 Å². The van der Waals surface area contributed by atoms with Gasteiger partial charge in [-0.3, -0.25) is 20.4 Å². The van der Waals surface area contributed by atoms with Crippen LogP contribution >= 0.6 is 27.3 Å². The largest absolute Gasteiger partial charge is 0.279 e. The number of nitrogens with one attached hydrogen (secondary N) is 2. The van der Waals surface area contributed by atoms with E-state index in [2.05, 4.69) is 26.8 Å². The minimum absolute atomic E-state index is 0.118. The highest BCUT2D eigenvalue weighted by molar-refractivity contribution is 9.10. The minimum Gasteiger partial charge on any atom is -0.267 e. The van der Waals surface area contributed by atoms with Crippen LogP contribution in [0.4, 0.5) is 0 Å². The van der Waals surface area contributed by atoms with Crippen molar-refractivity contribution < 1.29 is 18.0 Å². The first kappa shape index (κ1) is 20.2. The van der Waals surface area contributed by atoms with E-state index in [4.69, 9.17) is 0 Å². The fourth-order valence-corrected chi connectivity index (χ4v) is 4.13. The number of hydrazine groups is 1. The monoisotopic (exact) mass is 478 g/mol. The molecule has 2 amide bonds. The minimum atomic E-state index is -3.33. The Morgan fingerprint density at radius 1 is 0.857 bits per heavy atom. The summed E-state index contributed by atoms with van der Waals surface area (Å²) in [7, 11) is -3.33. The third-order valence-corrected chi connectivity index (χ3v) is 6.58. The average molecular weight is 479 g/mol. The molecule has 2 aromatic carbocycles. The van der Waals surface area contributed by atoms with Crippen molar-refractivity contribution in [2.45, 2.75) is 4.90 Å². The van der Waals surface area contributed by atoms with E-state index in [0.717, 1.165) is 21.2 Å². The first-order valence-electron chi connectivity index (χ1n) is 8.00. The fraction of sp³-hybridized carbons (Fsp3) is 0.0526. The Morgan fingerprint density at radius 2 is 1.46 bits per heavy atom. The van der Waals surface area contributed by atoms with Gasteiger partial charge in [0.2, 0.25) is 0 Å². The number of thiophene rings is 1. The molecule has 1 heterocycles. The van der Waals surface area contributed by atoms with E-state index in [0.29, 0.717) is 4.88 Å². The average Bonchev–Trinajstić information content (AvgIpc) is 3.16. The maximum absolute atomic E-state index is 12.3. The van der Waals surface area contributed by atoms with E-state index in [1.54, 1.807) is 6.07 Å². The van der Waals surface area contributed by atoms with Gasteiger partial charge < -0.3 is 0 Å². The molecule has 0 fully saturated rings. The molecule has 0 spiro atoms. The lowest BCUT2D eigenvalue weighted by molar-refractivity contribution is 0.0849. The zero-order chi connectivity index (χ0) is 20.3. The zero-order valence-electron chi connectivity index (χ0n) is 14.6. The Kier molecular flexibility index (Phi) is 5.97. The maximum atomic E-state index is 12.3. The lowest BCUT2D eigenvalue weighted by Crippen LogP contribution is -2.41. The number of carbonyl (C=O) groups is 2. The molecule has 3 aromatic rings. The normalized spacial score (nSPS) is 11.1. The van der Waals surface area contributed by atoms with Gasteiger partial charge in [-0.1, -0.05) is 28.1 Å². The second-order valence-electron chi connectivity index (χ2n) is 5.88. The number of benzene rings is 2. The fourth-order valence-electron chi connectivity index (χ4n) is 2.33. The van der Waals surface area contributed by atoms with Crippen LogP contribution in [0.15, 0.2) is 70.0 Å². The Bertz CT molecular complexity index is 1120. The first-order valence-corrected chi connectivity index (χ1v) is 11.5. The molecule has 9 heteroatoms. The smallest absolute Gasteiger partial charge is 0.267 e. The molecule has 0 bridgehead atoms. The van der Waals surface area contributed by atoms with E-state index in [-0.39, 0.29) is 10.5 Å². The van der Waals surface area contributed by atoms with Gasteiger partial charge in [-0.2, -0.15) is 0 Å². The third-order valence-electron chi connectivity index (χ3n) is 3.79. The Hall–Kier alpha value is -2.49. The first-order chi connectivity index (χ1) is 13.2. The second kappa shape index (κ2) is 8.26. The molecule has 2 N–H and O–H groups in total. The van der Waals surface area contributed by atoms with Crippen LogP contribution in [0, 0.1) is 0 Å². The van der Waals surface area contributed by atoms with E-state index < -0.39 is 21.7 Å². The summed E-state index contributed by atoms with van der Waals surface area (Å²) in [6.07, 6.45) is 1.09. The van der Waals surface area contributed by atoms with Crippen LogP contribution in [-0.4, -0.2) is 26.5 Å². The lowest BCUT2D eigenvalue weighted by atomic mass is 10.2. The number of hydrogen-bond acceptors (Lipinski definition) is 5. The number of sulfone groups is 1. The summed E-state index contributed by atoms with van der Waals surface area (Å²) < 4.78 is 23.9. The molecule has 3 rings (SSSR count). The van der Waals surface area contributed by atoms with Crippen LogP contribution < -0.4 is 10.9 Å². The molecule has 0 aliphatic rings. The molecule has 0 atom stereocenters. The Labute approximate surface area is 174 Å². The number of rotatable bonds is 4. The van der Waals surface area contributed by atoms with Crippen LogP contribution in [0.5, 0.6) is 0 Å². The van der Waals surface area contributed by atoms with Crippen LogP contribution in [-0.2, 0) is 9.84 Å². The van der Waals surface area contributed by atoms with Crippen molar-refractivity contribution in [3.05, 3.63) is 75.6 Å². The third kappa shape index (κ3) is 4.86. The maximum Gasteiger partial charge on any atom is 0.279 e. The predicted octanol–water partition coefficient (Wildman–Crippen LogP) is 3.66. The van der Waals surface area contributed by atoms with Gasteiger partial charge in [0, 0.05) is 21.2 Å². The summed E-state index contributed by atoms with van der Waals surface area (Å²) in [6, 6.07) is 16.7. The van der Waals surface area contributed by atoms with Crippen molar-refractivity contribution >= 4 is 48.9 Å². The van der Waals surface area contributed by atoms with Crippen molar-refractivity contribution in [2.75, 3.05) is 6.26 Å². The number of carbonyl (C=O) groups excluding carboxylic acids is 2. The predicted molar refractivity (Wildman–Crippen MR) is 112 cm³/mol. The molecule has 144 valence electrons. The highest BCUT2D eigenvalue weighted by Crippen LogP contribution is 2.29. The molecule has 6 nitrogen and oxygen atoms in total.